The molecule has 7 heteroatoms. The van der Waals surface area contributed by atoms with E-state index in [0.29, 0.717) is 16.7 Å². The van der Waals surface area contributed by atoms with Gasteiger partial charge in [-0.2, -0.15) is 0 Å². The topological polar surface area (TPSA) is 59.8 Å². The summed E-state index contributed by atoms with van der Waals surface area (Å²) in [6.07, 6.45) is 0. The molecule has 1 atom stereocenters. The zero-order valence-corrected chi connectivity index (χ0v) is 13.7. The molecule has 112 valence electrons. The van der Waals surface area contributed by atoms with E-state index < -0.39 is 0 Å². The predicted octanol–water partition coefficient (Wildman–Crippen LogP) is 2.75. The SMILES string of the molecule is CCNC(=O)[C@@H](C)Sc1nnc(-c2ccc(Cl)cc2)n1C. The van der Waals surface area contributed by atoms with Crippen molar-refractivity contribution in [2.24, 2.45) is 7.05 Å². The van der Waals surface area contributed by atoms with E-state index in [9.17, 15) is 4.79 Å². The number of nitrogens with one attached hydrogen (secondary N) is 1. The summed E-state index contributed by atoms with van der Waals surface area (Å²) in [6.45, 7) is 4.38. The van der Waals surface area contributed by atoms with Crippen LogP contribution in [0.2, 0.25) is 5.02 Å². The number of amides is 1. The minimum atomic E-state index is -0.217. The Morgan fingerprint density at radius 3 is 2.67 bits per heavy atom. The second-order valence-electron chi connectivity index (χ2n) is 4.53. The predicted molar refractivity (Wildman–Crippen MR) is 85.5 cm³/mol. The van der Waals surface area contributed by atoms with Crippen LogP contribution in [0.4, 0.5) is 0 Å². The summed E-state index contributed by atoms with van der Waals surface area (Å²) < 4.78 is 1.88. The third-order valence-corrected chi connectivity index (χ3v) is 4.33. The molecule has 1 amide bonds. The third kappa shape index (κ3) is 3.77. The molecular weight excluding hydrogens is 308 g/mol. The number of hydrogen-bond donors (Lipinski definition) is 1. The summed E-state index contributed by atoms with van der Waals surface area (Å²) in [6, 6.07) is 7.42. The van der Waals surface area contributed by atoms with E-state index in [1.165, 1.54) is 11.8 Å². The lowest BCUT2D eigenvalue weighted by atomic mass is 10.2. The van der Waals surface area contributed by atoms with Crippen LogP contribution in [0, 0.1) is 0 Å². The number of hydrogen-bond acceptors (Lipinski definition) is 4. The van der Waals surface area contributed by atoms with Gasteiger partial charge in [0.15, 0.2) is 11.0 Å². The number of aromatic nitrogens is 3. The van der Waals surface area contributed by atoms with Gasteiger partial charge in [-0.25, -0.2) is 0 Å². The Balaban J connectivity index is 2.17. The molecule has 0 aliphatic carbocycles. The first-order valence-corrected chi connectivity index (χ1v) is 7.88. The smallest absolute Gasteiger partial charge is 0.233 e. The van der Waals surface area contributed by atoms with E-state index in [1.54, 1.807) is 0 Å². The molecule has 1 heterocycles. The van der Waals surface area contributed by atoms with Crippen LogP contribution in [0.1, 0.15) is 13.8 Å². The fraction of sp³-hybridized carbons (Fsp3) is 0.357. The molecule has 5 nitrogen and oxygen atoms in total. The van der Waals surface area contributed by atoms with Crippen molar-refractivity contribution in [2.75, 3.05) is 6.54 Å². The van der Waals surface area contributed by atoms with Crippen LogP contribution in [0.5, 0.6) is 0 Å². The quantitative estimate of drug-likeness (QED) is 0.859. The molecule has 0 bridgehead atoms. The van der Waals surface area contributed by atoms with Crippen molar-refractivity contribution in [3.63, 3.8) is 0 Å². The molecule has 0 aliphatic rings. The highest BCUT2D eigenvalue weighted by atomic mass is 35.5. The fourth-order valence-corrected chi connectivity index (χ4v) is 2.76. The van der Waals surface area contributed by atoms with E-state index >= 15 is 0 Å². The molecule has 0 unspecified atom stereocenters. The first-order valence-electron chi connectivity index (χ1n) is 6.62. The minimum absolute atomic E-state index is 0.00135. The third-order valence-electron chi connectivity index (χ3n) is 2.94. The monoisotopic (exact) mass is 324 g/mol. The maximum absolute atomic E-state index is 11.8. The summed E-state index contributed by atoms with van der Waals surface area (Å²) in [5.74, 6) is 0.746. The molecule has 2 aromatic rings. The molecular formula is C14H17ClN4OS. The van der Waals surface area contributed by atoms with Gasteiger partial charge in [0.2, 0.25) is 5.91 Å². The number of thioether (sulfide) groups is 1. The molecule has 2 rings (SSSR count). The van der Waals surface area contributed by atoms with Crippen molar-refractivity contribution >= 4 is 29.3 Å². The number of carbonyl (C=O) groups is 1. The summed E-state index contributed by atoms with van der Waals surface area (Å²) in [7, 11) is 1.89. The van der Waals surface area contributed by atoms with Crippen LogP contribution >= 0.6 is 23.4 Å². The zero-order chi connectivity index (χ0) is 15.4. The molecule has 1 aromatic carbocycles. The normalized spacial score (nSPS) is 12.2. The van der Waals surface area contributed by atoms with E-state index in [2.05, 4.69) is 15.5 Å². The summed E-state index contributed by atoms with van der Waals surface area (Å²) in [5.41, 5.74) is 0.937. The molecule has 0 aliphatic heterocycles. The number of benzene rings is 1. The number of rotatable bonds is 5. The Morgan fingerprint density at radius 1 is 1.38 bits per heavy atom. The maximum Gasteiger partial charge on any atom is 0.233 e. The highest BCUT2D eigenvalue weighted by Gasteiger charge is 2.18. The molecule has 21 heavy (non-hydrogen) atoms. The van der Waals surface area contributed by atoms with Crippen LogP contribution in [0.15, 0.2) is 29.4 Å². The molecule has 0 fully saturated rings. The Bertz CT molecular complexity index is 626. The summed E-state index contributed by atoms with van der Waals surface area (Å²) in [4.78, 5) is 11.8. The Labute approximate surface area is 133 Å². The van der Waals surface area contributed by atoms with E-state index in [0.717, 1.165) is 11.4 Å². The molecule has 0 spiro atoms. The van der Waals surface area contributed by atoms with E-state index in [4.69, 9.17) is 11.6 Å². The van der Waals surface area contributed by atoms with E-state index in [1.807, 2.05) is 49.7 Å². The van der Waals surface area contributed by atoms with Crippen molar-refractivity contribution in [2.45, 2.75) is 24.3 Å². The highest BCUT2D eigenvalue weighted by Crippen LogP contribution is 2.26. The first kappa shape index (κ1) is 15.9. The van der Waals surface area contributed by atoms with Gasteiger partial charge in [-0.3, -0.25) is 4.79 Å². The van der Waals surface area contributed by atoms with Gasteiger partial charge in [0, 0.05) is 24.2 Å². The lowest BCUT2D eigenvalue weighted by Gasteiger charge is -2.10. The van der Waals surface area contributed by atoms with Crippen LogP contribution in [0.3, 0.4) is 0 Å². The average molecular weight is 325 g/mol. The molecule has 1 N–H and O–H groups in total. The maximum atomic E-state index is 11.8. The van der Waals surface area contributed by atoms with Crippen LogP contribution in [0.25, 0.3) is 11.4 Å². The van der Waals surface area contributed by atoms with E-state index in [-0.39, 0.29) is 11.2 Å². The van der Waals surface area contributed by atoms with Crippen molar-refractivity contribution in [1.29, 1.82) is 0 Å². The van der Waals surface area contributed by atoms with Gasteiger partial charge >= 0.3 is 0 Å². The largest absolute Gasteiger partial charge is 0.355 e. The summed E-state index contributed by atoms with van der Waals surface area (Å²) >= 11 is 7.27. The number of carbonyl (C=O) groups excluding carboxylic acids is 1. The second kappa shape index (κ2) is 6.95. The van der Waals surface area contributed by atoms with Crippen LogP contribution in [-0.2, 0) is 11.8 Å². The Hall–Kier alpha value is -1.53. The van der Waals surface area contributed by atoms with Gasteiger partial charge < -0.3 is 9.88 Å². The standard InChI is InChI=1S/C14H17ClN4OS/c1-4-16-13(20)9(2)21-14-18-17-12(19(14)3)10-5-7-11(15)8-6-10/h5-9H,4H2,1-3H3,(H,16,20)/t9-/m1/s1. The number of nitrogens with zero attached hydrogens (tertiary/aromatic N) is 3. The van der Waals surface area contributed by atoms with Gasteiger partial charge in [-0.15, -0.1) is 10.2 Å². The number of halogens is 1. The fourth-order valence-electron chi connectivity index (χ4n) is 1.80. The van der Waals surface area contributed by atoms with Crippen LogP contribution in [-0.4, -0.2) is 32.5 Å². The molecule has 1 aromatic heterocycles. The zero-order valence-electron chi connectivity index (χ0n) is 12.1. The van der Waals surface area contributed by atoms with Crippen molar-refractivity contribution < 1.29 is 4.79 Å². The average Bonchev–Trinajstić information content (AvgIpc) is 2.81. The lowest BCUT2D eigenvalue weighted by molar-refractivity contribution is -0.120. The van der Waals surface area contributed by atoms with Crippen molar-refractivity contribution in [3.05, 3.63) is 29.3 Å². The van der Waals surface area contributed by atoms with Crippen molar-refractivity contribution in [3.8, 4) is 11.4 Å². The lowest BCUT2D eigenvalue weighted by Crippen LogP contribution is -2.30. The molecule has 0 radical (unpaired) electrons. The van der Waals surface area contributed by atoms with Gasteiger partial charge in [0.05, 0.1) is 5.25 Å². The Kier molecular flexibility index (Phi) is 5.25. The van der Waals surface area contributed by atoms with Gasteiger partial charge in [-0.1, -0.05) is 23.4 Å². The minimum Gasteiger partial charge on any atom is -0.355 e. The van der Waals surface area contributed by atoms with Crippen LogP contribution < -0.4 is 5.32 Å². The summed E-state index contributed by atoms with van der Waals surface area (Å²) in [5, 5.41) is 12.3. The van der Waals surface area contributed by atoms with Gasteiger partial charge in [-0.05, 0) is 38.1 Å². The molecule has 0 saturated carbocycles. The van der Waals surface area contributed by atoms with Crippen molar-refractivity contribution in [1.82, 2.24) is 20.1 Å². The van der Waals surface area contributed by atoms with Gasteiger partial charge in [0.25, 0.3) is 0 Å². The first-order chi connectivity index (χ1) is 10.0. The second-order valence-corrected chi connectivity index (χ2v) is 6.27. The van der Waals surface area contributed by atoms with Gasteiger partial charge in [0.1, 0.15) is 0 Å². The molecule has 0 saturated heterocycles. The highest BCUT2D eigenvalue weighted by molar-refractivity contribution is 8.00. The Morgan fingerprint density at radius 2 is 2.05 bits per heavy atom.